The van der Waals surface area contributed by atoms with E-state index in [-0.39, 0.29) is 0 Å². The molecule has 1 saturated carbocycles. The van der Waals surface area contributed by atoms with Gasteiger partial charge in [-0.2, -0.15) is 0 Å². The van der Waals surface area contributed by atoms with Gasteiger partial charge in [-0.1, -0.05) is 13.3 Å². The number of likely N-dealkylation sites (tertiary alicyclic amines) is 1. The molecule has 4 rings (SSSR count). The fourth-order valence-corrected chi connectivity index (χ4v) is 4.73. The van der Waals surface area contributed by atoms with Crippen molar-refractivity contribution in [1.29, 1.82) is 0 Å². The maximum atomic E-state index is 13.3. The number of rotatable bonds is 3. The van der Waals surface area contributed by atoms with Gasteiger partial charge in [0, 0.05) is 32.5 Å². The Bertz CT molecular complexity index is 545. The molecule has 2 unspecified atom stereocenters. The van der Waals surface area contributed by atoms with E-state index >= 15 is 0 Å². The lowest BCUT2D eigenvalue weighted by molar-refractivity contribution is 0.0146. The van der Waals surface area contributed by atoms with E-state index < -0.39 is 17.2 Å². The quantitative estimate of drug-likeness (QED) is 0.925. The first-order valence-electron chi connectivity index (χ1n) is 7.90. The molecule has 4 heteroatoms. The Morgan fingerprint density at radius 3 is 2.14 bits per heavy atom. The molecule has 0 radical (unpaired) electrons. The summed E-state index contributed by atoms with van der Waals surface area (Å²) in [6.07, 6.45) is 2.13. The molecule has 0 aromatic heterocycles. The van der Waals surface area contributed by atoms with Crippen LogP contribution in [0.3, 0.4) is 0 Å². The van der Waals surface area contributed by atoms with E-state index in [1.54, 1.807) is 0 Å². The summed E-state index contributed by atoms with van der Waals surface area (Å²) in [7, 11) is 0. The normalized spacial score (nSPS) is 33.0. The van der Waals surface area contributed by atoms with Crippen molar-refractivity contribution in [2.45, 2.75) is 31.8 Å². The largest absolute Gasteiger partial charge is 0.388 e. The molecule has 1 heterocycles. The Hall–Kier alpha value is -1.00. The van der Waals surface area contributed by atoms with Crippen LogP contribution >= 0.6 is 0 Å². The standard InChI is InChI=1S/C17H21F2NO/c1-2-12-13-7-20(8-14(12)13)9-17(21)5-10-3-15(18)16(19)4-11(10)6-17/h3-4,12-14,21H,2,5-9H2,1H3. The summed E-state index contributed by atoms with van der Waals surface area (Å²) in [6, 6.07) is 2.49. The zero-order valence-electron chi connectivity index (χ0n) is 12.3. The SMILES string of the molecule is CCC1C2CN(CC3(O)Cc4cc(F)c(F)cc4C3)CC12. The van der Waals surface area contributed by atoms with Crippen LogP contribution in [0.1, 0.15) is 24.5 Å². The van der Waals surface area contributed by atoms with Gasteiger partial charge in [-0.25, -0.2) is 8.78 Å². The maximum Gasteiger partial charge on any atom is 0.159 e. The van der Waals surface area contributed by atoms with Gasteiger partial charge in [-0.15, -0.1) is 0 Å². The average molecular weight is 293 g/mol. The molecule has 3 aliphatic rings. The molecule has 2 fully saturated rings. The van der Waals surface area contributed by atoms with Crippen LogP contribution in [0.25, 0.3) is 0 Å². The minimum atomic E-state index is -0.860. The highest BCUT2D eigenvalue weighted by Gasteiger charge is 2.55. The van der Waals surface area contributed by atoms with E-state index in [4.69, 9.17) is 0 Å². The van der Waals surface area contributed by atoms with Crippen molar-refractivity contribution >= 4 is 0 Å². The molecule has 114 valence electrons. The van der Waals surface area contributed by atoms with Gasteiger partial charge in [0.2, 0.25) is 0 Å². The minimum absolute atomic E-state index is 0.433. The first-order chi connectivity index (χ1) is 9.99. The maximum absolute atomic E-state index is 13.3. The lowest BCUT2D eigenvalue weighted by atomic mass is 9.99. The van der Waals surface area contributed by atoms with Crippen LogP contribution in [-0.4, -0.2) is 35.2 Å². The van der Waals surface area contributed by atoms with Gasteiger partial charge in [0.1, 0.15) is 0 Å². The number of nitrogens with zero attached hydrogens (tertiary/aromatic N) is 1. The highest BCUT2D eigenvalue weighted by Crippen LogP contribution is 2.53. The molecule has 1 aromatic carbocycles. The van der Waals surface area contributed by atoms with E-state index in [9.17, 15) is 13.9 Å². The second-order valence-corrected chi connectivity index (χ2v) is 7.21. The van der Waals surface area contributed by atoms with Gasteiger partial charge in [0.15, 0.2) is 11.6 Å². The zero-order chi connectivity index (χ0) is 14.8. The molecular formula is C17H21F2NO. The molecular weight excluding hydrogens is 272 g/mol. The number of hydrogen-bond donors (Lipinski definition) is 1. The van der Waals surface area contributed by atoms with Crippen molar-refractivity contribution in [2.24, 2.45) is 17.8 Å². The van der Waals surface area contributed by atoms with E-state index in [0.717, 1.165) is 42.0 Å². The van der Waals surface area contributed by atoms with Gasteiger partial charge < -0.3 is 5.11 Å². The smallest absolute Gasteiger partial charge is 0.159 e. The Balaban J connectivity index is 1.43. The number of β-amino-alcohol motifs (C(OH)–C–C–N with tert-alkyl or cyclic N) is 1. The fraction of sp³-hybridized carbons (Fsp3) is 0.647. The minimum Gasteiger partial charge on any atom is -0.388 e. The van der Waals surface area contributed by atoms with Crippen molar-refractivity contribution in [3.8, 4) is 0 Å². The third-order valence-corrected chi connectivity index (χ3v) is 5.72. The summed E-state index contributed by atoms with van der Waals surface area (Å²) in [5, 5.41) is 10.8. The van der Waals surface area contributed by atoms with E-state index in [1.165, 1.54) is 18.6 Å². The lowest BCUT2D eigenvalue weighted by Crippen LogP contribution is -2.44. The third kappa shape index (κ3) is 2.20. The van der Waals surface area contributed by atoms with Crippen LogP contribution in [0, 0.1) is 29.4 Å². The van der Waals surface area contributed by atoms with Gasteiger partial charge in [0.25, 0.3) is 0 Å². The van der Waals surface area contributed by atoms with Crippen molar-refractivity contribution in [1.82, 2.24) is 4.90 Å². The van der Waals surface area contributed by atoms with Crippen LogP contribution in [0.2, 0.25) is 0 Å². The van der Waals surface area contributed by atoms with Crippen LogP contribution in [0.5, 0.6) is 0 Å². The molecule has 1 aliphatic heterocycles. The molecule has 1 aromatic rings. The van der Waals surface area contributed by atoms with Gasteiger partial charge >= 0.3 is 0 Å². The van der Waals surface area contributed by atoms with Crippen molar-refractivity contribution < 1.29 is 13.9 Å². The Morgan fingerprint density at radius 2 is 1.67 bits per heavy atom. The second kappa shape index (κ2) is 4.50. The number of hydrogen-bond acceptors (Lipinski definition) is 2. The number of benzene rings is 1. The summed E-state index contributed by atoms with van der Waals surface area (Å²) in [5.74, 6) is 0.895. The second-order valence-electron chi connectivity index (χ2n) is 7.21. The predicted molar refractivity (Wildman–Crippen MR) is 75.9 cm³/mol. The van der Waals surface area contributed by atoms with Gasteiger partial charge in [-0.3, -0.25) is 4.90 Å². The Morgan fingerprint density at radius 1 is 1.14 bits per heavy atom. The van der Waals surface area contributed by atoms with Crippen molar-refractivity contribution in [3.05, 3.63) is 34.9 Å². The highest BCUT2D eigenvalue weighted by molar-refractivity contribution is 5.36. The summed E-state index contributed by atoms with van der Waals surface area (Å²) in [6.45, 7) is 5.01. The molecule has 2 atom stereocenters. The topological polar surface area (TPSA) is 23.5 Å². The zero-order valence-corrected chi connectivity index (χ0v) is 12.3. The Kier molecular flexibility index (Phi) is 2.92. The van der Waals surface area contributed by atoms with Gasteiger partial charge in [-0.05, 0) is 41.0 Å². The molecule has 2 nitrogen and oxygen atoms in total. The van der Waals surface area contributed by atoms with E-state index in [0.29, 0.717) is 19.4 Å². The number of aliphatic hydroxyl groups is 1. The summed E-state index contributed by atoms with van der Waals surface area (Å²) < 4.78 is 26.6. The predicted octanol–water partition coefficient (Wildman–Crippen LogP) is 2.38. The molecule has 0 bridgehead atoms. The molecule has 1 N–H and O–H groups in total. The van der Waals surface area contributed by atoms with Crippen LogP contribution < -0.4 is 0 Å². The summed E-state index contributed by atoms with van der Waals surface area (Å²) >= 11 is 0. The summed E-state index contributed by atoms with van der Waals surface area (Å²) in [5.41, 5.74) is 0.653. The number of fused-ring (bicyclic) bond motifs is 2. The summed E-state index contributed by atoms with van der Waals surface area (Å²) in [4.78, 5) is 2.33. The molecule has 0 amide bonds. The highest BCUT2D eigenvalue weighted by atomic mass is 19.2. The van der Waals surface area contributed by atoms with Crippen molar-refractivity contribution in [2.75, 3.05) is 19.6 Å². The first-order valence-corrected chi connectivity index (χ1v) is 7.90. The van der Waals surface area contributed by atoms with E-state index in [1.807, 2.05) is 0 Å². The van der Waals surface area contributed by atoms with E-state index in [2.05, 4.69) is 11.8 Å². The monoisotopic (exact) mass is 293 g/mol. The van der Waals surface area contributed by atoms with Crippen molar-refractivity contribution in [3.63, 3.8) is 0 Å². The van der Waals surface area contributed by atoms with Crippen LogP contribution in [0.4, 0.5) is 8.78 Å². The lowest BCUT2D eigenvalue weighted by Gasteiger charge is -2.30. The first kappa shape index (κ1) is 13.6. The molecule has 21 heavy (non-hydrogen) atoms. The molecule has 1 saturated heterocycles. The van der Waals surface area contributed by atoms with Crippen LogP contribution in [-0.2, 0) is 12.8 Å². The molecule has 2 aliphatic carbocycles. The number of halogens is 2. The van der Waals surface area contributed by atoms with Crippen LogP contribution in [0.15, 0.2) is 12.1 Å². The Labute approximate surface area is 123 Å². The fourth-order valence-electron chi connectivity index (χ4n) is 4.73. The third-order valence-electron chi connectivity index (χ3n) is 5.72. The number of piperidine rings is 1. The van der Waals surface area contributed by atoms with Gasteiger partial charge in [0.05, 0.1) is 5.60 Å². The average Bonchev–Trinajstić information content (AvgIpc) is 2.74. The molecule has 0 spiro atoms.